The maximum absolute atomic E-state index is 13.1. The van der Waals surface area contributed by atoms with Crippen LogP contribution in [0.1, 0.15) is 0 Å². The van der Waals surface area contributed by atoms with Crippen LogP contribution < -0.4 is 10.6 Å². The maximum atomic E-state index is 13.1. The van der Waals surface area contributed by atoms with Crippen molar-refractivity contribution in [2.45, 2.75) is 11.4 Å². The predicted octanol–water partition coefficient (Wildman–Crippen LogP) is 1.64. The third-order valence-corrected chi connectivity index (χ3v) is 5.77. The molecule has 0 unspecified atom stereocenters. The summed E-state index contributed by atoms with van der Waals surface area (Å²) in [6.07, 6.45) is 0. The minimum atomic E-state index is -3.56. The lowest BCUT2D eigenvalue weighted by molar-refractivity contribution is 0.251. The van der Waals surface area contributed by atoms with Crippen LogP contribution in [0.4, 0.5) is 14.9 Å². The van der Waals surface area contributed by atoms with Crippen molar-refractivity contribution < 1.29 is 17.6 Å². The van der Waals surface area contributed by atoms with E-state index in [1.807, 2.05) is 0 Å². The van der Waals surface area contributed by atoms with E-state index in [1.165, 1.54) is 44.4 Å². The summed E-state index contributed by atoms with van der Waals surface area (Å²) in [5, 5.41) is 13.1. The van der Waals surface area contributed by atoms with Gasteiger partial charge in [-0.1, -0.05) is 11.3 Å². The number of carbonyl (C=O) groups is 1. The number of urea groups is 1. The highest BCUT2D eigenvalue weighted by atomic mass is 32.2. The molecule has 1 aromatic heterocycles. The van der Waals surface area contributed by atoms with Gasteiger partial charge in [-0.25, -0.2) is 26.6 Å². The van der Waals surface area contributed by atoms with E-state index in [4.69, 9.17) is 0 Å². The largest absolute Gasteiger partial charge is 0.336 e. The fourth-order valence-electron chi connectivity index (χ4n) is 2.51. The van der Waals surface area contributed by atoms with Crippen molar-refractivity contribution in [1.82, 2.24) is 24.6 Å². The number of hydrogen-bond donors (Lipinski definition) is 2. The lowest BCUT2D eigenvalue weighted by Gasteiger charge is -2.11. The molecular formula is C17H19FN6O3S. The molecule has 0 bridgehead atoms. The number of anilines is 1. The minimum absolute atomic E-state index is 0.129. The first-order valence-electron chi connectivity index (χ1n) is 8.33. The topological polar surface area (TPSA) is 109 Å². The van der Waals surface area contributed by atoms with Crippen molar-refractivity contribution in [2.24, 2.45) is 0 Å². The molecule has 3 rings (SSSR count). The second kappa shape index (κ2) is 7.90. The number of nitrogens with one attached hydrogen (secondary N) is 2. The van der Waals surface area contributed by atoms with Crippen molar-refractivity contribution in [3.05, 3.63) is 48.3 Å². The Kier molecular flexibility index (Phi) is 5.56. The van der Waals surface area contributed by atoms with Gasteiger partial charge in [0.2, 0.25) is 10.0 Å². The van der Waals surface area contributed by atoms with Crippen LogP contribution in [0.25, 0.3) is 11.0 Å². The molecule has 0 fully saturated rings. The Morgan fingerprint density at radius 1 is 1.21 bits per heavy atom. The van der Waals surface area contributed by atoms with E-state index in [2.05, 4.69) is 20.9 Å². The minimum Gasteiger partial charge on any atom is -0.336 e. The zero-order valence-electron chi connectivity index (χ0n) is 15.3. The Bertz CT molecular complexity index is 1110. The van der Waals surface area contributed by atoms with Gasteiger partial charge in [0.1, 0.15) is 11.3 Å². The summed E-state index contributed by atoms with van der Waals surface area (Å²) < 4.78 is 40.2. The molecule has 0 saturated carbocycles. The van der Waals surface area contributed by atoms with Gasteiger partial charge in [0, 0.05) is 26.3 Å². The average Bonchev–Trinajstić information content (AvgIpc) is 3.04. The molecule has 0 saturated heterocycles. The van der Waals surface area contributed by atoms with Crippen LogP contribution in [-0.4, -0.2) is 54.4 Å². The zero-order valence-corrected chi connectivity index (χ0v) is 16.1. The Hall–Kier alpha value is -3.05. The maximum Gasteiger partial charge on any atom is 0.319 e. The summed E-state index contributed by atoms with van der Waals surface area (Å²) in [6.45, 7) is 0.574. The number of rotatable bonds is 6. The van der Waals surface area contributed by atoms with Gasteiger partial charge >= 0.3 is 6.03 Å². The molecule has 0 spiro atoms. The number of nitrogens with zero attached hydrogens (tertiary/aromatic N) is 4. The molecule has 0 atom stereocenters. The van der Waals surface area contributed by atoms with Crippen molar-refractivity contribution in [3.63, 3.8) is 0 Å². The number of halogens is 1. The quantitative estimate of drug-likeness (QED) is 0.647. The molecule has 2 N–H and O–H groups in total. The molecular weight excluding hydrogens is 387 g/mol. The lowest BCUT2D eigenvalue weighted by atomic mass is 10.3. The van der Waals surface area contributed by atoms with Crippen molar-refractivity contribution in [1.29, 1.82) is 0 Å². The van der Waals surface area contributed by atoms with Crippen LogP contribution in [0.5, 0.6) is 0 Å². The van der Waals surface area contributed by atoms with E-state index >= 15 is 0 Å². The fraction of sp³-hybridized carbons (Fsp3) is 0.235. The van der Waals surface area contributed by atoms with E-state index in [9.17, 15) is 17.6 Å². The third-order valence-electron chi connectivity index (χ3n) is 3.96. The van der Waals surface area contributed by atoms with Gasteiger partial charge in [-0.3, -0.25) is 0 Å². The summed E-state index contributed by atoms with van der Waals surface area (Å²) in [7, 11) is -0.645. The molecule has 9 nitrogen and oxygen atoms in total. The Balaban J connectivity index is 1.63. The predicted molar refractivity (Wildman–Crippen MR) is 102 cm³/mol. The van der Waals surface area contributed by atoms with Crippen LogP contribution in [0.2, 0.25) is 0 Å². The van der Waals surface area contributed by atoms with E-state index in [-0.39, 0.29) is 11.4 Å². The molecule has 2 aromatic carbocycles. The Morgan fingerprint density at radius 3 is 2.71 bits per heavy atom. The number of benzene rings is 2. The van der Waals surface area contributed by atoms with Gasteiger partial charge in [0.05, 0.1) is 17.0 Å². The molecule has 0 radical (unpaired) electrons. The van der Waals surface area contributed by atoms with Crippen LogP contribution in [0.3, 0.4) is 0 Å². The van der Waals surface area contributed by atoms with Gasteiger partial charge < -0.3 is 10.6 Å². The molecule has 3 aromatic rings. The van der Waals surface area contributed by atoms with Crippen molar-refractivity contribution in [3.8, 4) is 0 Å². The normalized spacial score (nSPS) is 11.7. The highest BCUT2D eigenvalue weighted by Gasteiger charge is 2.18. The smallest absolute Gasteiger partial charge is 0.319 e. The van der Waals surface area contributed by atoms with Crippen molar-refractivity contribution in [2.75, 3.05) is 26.0 Å². The SMILES string of the molecule is CN(C)S(=O)(=O)c1ccc2c(c1)nnn2CCNC(=O)Nc1cccc(F)c1. The first-order chi connectivity index (χ1) is 13.3. The highest BCUT2D eigenvalue weighted by Crippen LogP contribution is 2.19. The number of hydrogen-bond acceptors (Lipinski definition) is 5. The molecule has 0 aliphatic rings. The summed E-state index contributed by atoms with van der Waals surface area (Å²) in [5.41, 5.74) is 1.43. The first-order valence-corrected chi connectivity index (χ1v) is 9.77. The van der Waals surface area contributed by atoms with E-state index in [0.29, 0.717) is 23.3 Å². The summed E-state index contributed by atoms with van der Waals surface area (Å²) in [4.78, 5) is 12.0. The Labute approximate surface area is 161 Å². The Morgan fingerprint density at radius 2 is 2.00 bits per heavy atom. The molecule has 148 valence electrons. The monoisotopic (exact) mass is 406 g/mol. The fourth-order valence-corrected chi connectivity index (χ4v) is 3.43. The van der Waals surface area contributed by atoms with Crippen LogP contribution in [-0.2, 0) is 16.6 Å². The van der Waals surface area contributed by atoms with Crippen LogP contribution in [0.15, 0.2) is 47.4 Å². The summed E-state index contributed by atoms with van der Waals surface area (Å²) in [5.74, 6) is -0.442. The standard InChI is InChI=1S/C17H19FN6O3S/c1-23(2)28(26,27)14-6-7-16-15(11-14)21-22-24(16)9-8-19-17(25)20-13-5-3-4-12(18)10-13/h3-7,10-11H,8-9H2,1-2H3,(H2,19,20,25). The van der Waals surface area contributed by atoms with E-state index < -0.39 is 21.9 Å². The van der Waals surface area contributed by atoms with Crippen LogP contribution >= 0.6 is 0 Å². The lowest BCUT2D eigenvalue weighted by Crippen LogP contribution is -2.31. The van der Waals surface area contributed by atoms with Gasteiger partial charge in [-0.15, -0.1) is 5.10 Å². The summed E-state index contributed by atoms with van der Waals surface area (Å²) in [6, 6.07) is 9.66. The van der Waals surface area contributed by atoms with Gasteiger partial charge in [-0.05, 0) is 36.4 Å². The van der Waals surface area contributed by atoms with Gasteiger partial charge in [0.25, 0.3) is 0 Å². The molecule has 28 heavy (non-hydrogen) atoms. The van der Waals surface area contributed by atoms with Gasteiger partial charge in [0.15, 0.2) is 0 Å². The third kappa shape index (κ3) is 4.26. The van der Waals surface area contributed by atoms with Crippen LogP contribution in [0, 0.1) is 5.82 Å². The number of amides is 2. The molecule has 11 heteroatoms. The average molecular weight is 406 g/mol. The summed E-state index contributed by atoms with van der Waals surface area (Å²) >= 11 is 0. The van der Waals surface area contributed by atoms with E-state index in [1.54, 1.807) is 16.8 Å². The first kappa shape index (κ1) is 19.7. The molecule has 2 amide bonds. The van der Waals surface area contributed by atoms with Crippen molar-refractivity contribution >= 4 is 32.8 Å². The highest BCUT2D eigenvalue weighted by molar-refractivity contribution is 7.89. The molecule has 0 aliphatic heterocycles. The number of sulfonamides is 1. The second-order valence-corrected chi connectivity index (χ2v) is 8.29. The number of fused-ring (bicyclic) bond motifs is 1. The number of aromatic nitrogens is 3. The van der Waals surface area contributed by atoms with Gasteiger partial charge in [-0.2, -0.15) is 0 Å². The molecule has 0 aliphatic carbocycles. The zero-order chi connectivity index (χ0) is 20.3. The van der Waals surface area contributed by atoms with E-state index in [0.717, 1.165) is 4.31 Å². The number of carbonyl (C=O) groups excluding carboxylic acids is 1. The molecule has 1 heterocycles. The second-order valence-electron chi connectivity index (χ2n) is 6.14.